The SMILES string of the molecule is COC(=O)[C@H](Cc1ccccc1)NC(=O)Nc1cccc([C@H]2O[C@@H](CSc3ccc(NC(C)=O)cc3)[C@@H](C)[C@@H](c3ccc(CO)cc3)O2)c1. The highest BCUT2D eigenvalue weighted by atomic mass is 32.2. The molecule has 1 aliphatic heterocycles. The topological polar surface area (TPSA) is 135 Å². The van der Waals surface area contributed by atoms with Crippen molar-refractivity contribution in [2.45, 2.75) is 56.3 Å². The normalized spacial score (nSPS) is 19.3. The number of aliphatic hydroxyl groups excluding tert-OH is 1. The maximum Gasteiger partial charge on any atom is 0.328 e. The van der Waals surface area contributed by atoms with Gasteiger partial charge in [-0.25, -0.2) is 9.59 Å². The number of hydrogen-bond acceptors (Lipinski definition) is 8. The van der Waals surface area contributed by atoms with E-state index in [-0.39, 0.29) is 37.1 Å². The second-order valence-electron chi connectivity index (χ2n) is 11.8. The van der Waals surface area contributed by atoms with Crippen LogP contribution in [-0.2, 0) is 36.8 Å². The number of nitrogens with one attached hydrogen (secondary N) is 3. The summed E-state index contributed by atoms with van der Waals surface area (Å²) in [6.07, 6.45) is -0.974. The molecule has 3 amide bonds. The lowest BCUT2D eigenvalue weighted by atomic mass is 9.91. The highest BCUT2D eigenvalue weighted by Gasteiger charge is 2.38. The van der Waals surface area contributed by atoms with Crippen molar-refractivity contribution in [3.63, 3.8) is 0 Å². The number of hydrogen-bond donors (Lipinski definition) is 4. The molecular formula is C38H41N3O7S. The van der Waals surface area contributed by atoms with E-state index in [1.807, 2.05) is 91.0 Å². The minimum Gasteiger partial charge on any atom is -0.467 e. The van der Waals surface area contributed by atoms with Gasteiger partial charge in [-0.05, 0) is 53.1 Å². The van der Waals surface area contributed by atoms with Crippen LogP contribution in [0.3, 0.4) is 0 Å². The number of carbonyl (C=O) groups excluding carboxylic acids is 3. The quantitative estimate of drug-likeness (QED) is 0.0966. The third kappa shape index (κ3) is 9.93. The van der Waals surface area contributed by atoms with Crippen LogP contribution in [0, 0.1) is 5.92 Å². The summed E-state index contributed by atoms with van der Waals surface area (Å²) < 4.78 is 18.1. The molecule has 0 bridgehead atoms. The Morgan fingerprint density at radius 3 is 2.24 bits per heavy atom. The van der Waals surface area contributed by atoms with Crippen LogP contribution >= 0.6 is 11.8 Å². The van der Waals surface area contributed by atoms with Gasteiger partial charge in [0, 0.05) is 46.8 Å². The molecule has 0 aromatic heterocycles. The van der Waals surface area contributed by atoms with Crippen LogP contribution in [-0.4, -0.2) is 48.0 Å². The number of methoxy groups -OCH3 is 1. The van der Waals surface area contributed by atoms with E-state index in [9.17, 15) is 19.5 Å². The van der Waals surface area contributed by atoms with Crippen molar-refractivity contribution in [2.24, 2.45) is 5.92 Å². The summed E-state index contributed by atoms with van der Waals surface area (Å²) >= 11 is 1.65. The van der Waals surface area contributed by atoms with Gasteiger partial charge in [0.05, 0.1) is 25.9 Å². The number of rotatable bonds is 12. The molecule has 4 N–H and O–H groups in total. The van der Waals surface area contributed by atoms with E-state index in [1.165, 1.54) is 14.0 Å². The molecule has 0 aliphatic carbocycles. The minimum absolute atomic E-state index is 0.0191. The van der Waals surface area contributed by atoms with Gasteiger partial charge in [-0.3, -0.25) is 4.79 Å². The Morgan fingerprint density at radius 1 is 0.837 bits per heavy atom. The second-order valence-corrected chi connectivity index (χ2v) is 12.9. The third-order valence-electron chi connectivity index (χ3n) is 8.20. The van der Waals surface area contributed by atoms with E-state index in [4.69, 9.17) is 14.2 Å². The van der Waals surface area contributed by atoms with E-state index < -0.39 is 24.3 Å². The summed E-state index contributed by atoms with van der Waals surface area (Å²) in [5.41, 5.74) is 4.61. The van der Waals surface area contributed by atoms with E-state index in [0.29, 0.717) is 17.0 Å². The fourth-order valence-electron chi connectivity index (χ4n) is 5.60. The van der Waals surface area contributed by atoms with Gasteiger partial charge >= 0.3 is 12.0 Å². The van der Waals surface area contributed by atoms with Gasteiger partial charge in [0.25, 0.3) is 0 Å². The largest absolute Gasteiger partial charge is 0.467 e. The summed E-state index contributed by atoms with van der Waals surface area (Å²) in [6.45, 7) is 3.53. The molecule has 49 heavy (non-hydrogen) atoms. The molecule has 1 heterocycles. The van der Waals surface area contributed by atoms with Crippen LogP contribution in [0.5, 0.6) is 0 Å². The van der Waals surface area contributed by atoms with Crippen molar-refractivity contribution >= 4 is 41.0 Å². The van der Waals surface area contributed by atoms with Gasteiger partial charge in [0.1, 0.15) is 6.04 Å². The fourth-order valence-corrected chi connectivity index (χ4v) is 6.67. The number of carbonyl (C=O) groups is 3. The van der Waals surface area contributed by atoms with Crippen LogP contribution in [0.25, 0.3) is 0 Å². The van der Waals surface area contributed by atoms with Crippen LogP contribution in [0.15, 0.2) is 108 Å². The van der Waals surface area contributed by atoms with E-state index in [1.54, 1.807) is 23.9 Å². The standard InChI is InChI=1S/C38H41N3O7S/c1-24-34(23-49-32-18-16-30(17-19-32)39-25(2)43)47-37(48-35(24)28-14-12-27(22-42)13-15-28)29-10-7-11-31(21-29)40-38(45)41-33(36(44)46-3)20-26-8-5-4-6-9-26/h4-19,21,24,33-35,37,42H,20,22-23H2,1-3H3,(H,39,43)(H2,40,41,45)/t24-,33+,34+,35+,37+/m1/s1. The van der Waals surface area contributed by atoms with Crippen LogP contribution in [0.4, 0.5) is 16.2 Å². The predicted octanol–water partition coefficient (Wildman–Crippen LogP) is 6.63. The zero-order valence-corrected chi connectivity index (χ0v) is 28.4. The number of aliphatic hydroxyl groups is 1. The zero-order chi connectivity index (χ0) is 34.8. The number of esters is 1. The summed E-state index contributed by atoms with van der Waals surface area (Å²) in [5.74, 6) is -0.0456. The van der Waals surface area contributed by atoms with Crippen molar-refractivity contribution in [1.82, 2.24) is 5.32 Å². The monoisotopic (exact) mass is 683 g/mol. The number of anilines is 2. The van der Waals surface area contributed by atoms with Crippen LogP contribution in [0.2, 0.25) is 0 Å². The first-order chi connectivity index (χ1) is 23.7. The van der Waals surface area contributed by atoms with Crippen LogP contribution in [0.1, 0.15) is 48.5 Å². The molecule has 1 fully saturated rings. The maximum absolute atomic E-state index is 13.1. The number of thioether (sulfide) groups is 1. The Hall–Kier alpha value is -4.68. The Labute approximate surface area is 290 Å². The Bertz CT molecular complexity index is 1700. The lowest BCUT2D eigenvalue weighted by Crippen LogP contribution is -2.45. The molecule has 0 radical (unpaired) electrons. The molecule has 4 aromatic rings. The highest BCUT2D eigenvalue weighted by Crippen LogP contribution is 2.43. The molecule has 1 saturated heterocycles. The smallest absolute Gasteiger partial charge is 0.328 e. The van der Waals surface area contributed by atoms with E-state index >= 15 is 0 Å². The number of ether oxygens (including phenoxy) is 3. The lowest BCUT2D eigenvalue weighted by Gasteiger charge is -2.41. The summed E-state index contributed by atoms with van der Waals surface area (Å²) in [6, 6.07) is 30.6. The molecule has 10 nitrogen and oxygen atoms in total. The number of urea groups is 1. The second kappa shape index (κ2) is 17.1. The first kappa shape index (κ1) is 35.6. The summed E-state index contributed by atoms with van der Waals surface area (Å²) in [7, 11) is 1.29. The average molecular weight is 684 g/mol. The van der Waals surface area contributed by atoms with Gasteiger partial charge in [-0.15, -0.1) is 11.8 Å². The van der Waals surface area contributed by atoms with Crippen molar-refractivity contribution in [3.8, 4) is 0 Å². The maximum atomic E-state index is 13.1. The molecule has 0 spiro atoms. The van der Waals surface area contributed by atoms with Crippen molar-refractivity contribution < 1.29 is 33.7 Å². The first-order valence-corrected chi connectivity index (χ1v) is 17.0. The molecule has 4 aromatic carbocycles. The Morgan fingerprint density at radius 2 is 1.57 bits per heavy atom. The summed E-state index contributed by atoms with van der Waals surface area (Å²) in [4.78, 5) is 38.0. The summed E-state index contributed by atoms with van der Waals surface area (Å²) in [5, 5.41) is 17.9. The average Bonchev–Trinajstić information content (AvgIpc) is 3.11. The fraction of sp³-hybridized carbons (Fsp3) is 0.289. The van der Waals surface area contributed by atoms with Gasteiger partial charge in [0.15, 0.2) is 6.29 Å². The van der Waals surface area contributed by atoms with Gasteiger partial charge in [0.2, 0.25) is 5.91 Å². The molecule has 11 heteroatoms. The van der Waals surface area contributed by atoms with Crippen molar-refractivity contribution in [1.29, 1.82) is 0 Å². The minimum atomic E-state index is -0.875. The molecule has 0 unspecified atom stereocenters. The van der Waals surface area contributed by atoms with Crippen molar-refractivity contribution in [3.05, 3.63) is 125 Å². The first-order valence-electron chi connectivity index (χ1n) is 16.0. The van der Waals surface area contributed by atoms with Gasteiger partial charge in [-0.2, -0.15) is 0 Å². The molecule has 5 atom stereocenters. The molecule has 1 aliphatic rings. The predicted molar refractivity (Wildman–Crippen MR) is 189 cm³/mol. The van der Waals surface area contributed by atoms with Crippen LogP contribution < -0.4 is 16.0 Å². The third-order valence-corrected chi connectivity index (χ3v) is 9.30. The lowest BCUT2D eigenvalue weighted by molar-refractivity contribution is -0.268. The molecule has 0 saturated carbocycles. The Balaban J connectivity index is 1.31. The molecule has 256 valence electrons. The Kier molecular flexibility index (Phi) is 12.4. The number of benzene rings is 4. The van der Waals surface area contributed by atoms with E-state index in [0.717, 1.165) is 27.3 Å². The van der Waals surface area contributed by atoms with Gasteiger partial charge < -0.3 is 35.3 Å². The van der Waals surface area contributed by atoms with Gasteiger partial charge in [-0.1, -0.05) is 73.7 Å². The zero-order valence-electron chi connectivity index (χ0n) is 27.6. The van der Waals surface area contributed by atoms with E-state index in [2.05, 4.69) is 22.9 Å². The van der Waals surface area contributed by atoms with Crippen molar-refractivity contribution in [2.75, 3.05) is 23.5 Å². The number of amides is 3. The highest BCUT2D eigenvalue weighted by molar-refractivity contribution is 7.99. The molecule has 5 rings (SSSR count). The molecular weight excluding hydrogens is 642 g/mol.